The lowest BCUT2D eigenvalue weighted by atomic mass is 10.4. The van der Waals surface area contributed by atoms with E-state index in [4.69, 9.17) is 4.42 Å². The molecule has 17 heavy (non-hydrogen) atoms. The van der Waals surface area contributed by atoms with Gasteiger partial charge in [0.05, 0.1) is 19.8 Å². The van der Waals surface area contributed by atoms with E-state index < -0.39 is 0 Å². The summed E-state index contributed by atoms with van der Waals surface area (Å²) < 4.78 is 5.39. The maximum Gasteiger partial charge on any atom is 0.277 e. The number of quaternary nitrogens is 1. The van der Waals surface area contributed by atoms with E-state index in [0.717, 1.165) is 0 Å². The van der Waals surface area contributed by atoms with E-state index in [1.165, 1.54) is 16.7 Å². The van der Waals surface area contributed by atoms with E-state index in [9.17, 15) is 4.79 Å². The maximum atomic E-state index is 11.4. The molecule has 0 unspecified atom stereocenters. The van der Waals surface area contributed by atoms with Crippen LogP contribution in [0.4, 0.5) is 0 Å². The summed E-state index contributed by atoms with van der Waals surface area (Å²) in [6.07, 6.45) is 0. The van der Waals surface area contributed by atoms with Crippen LogP contribution in [0.2, 0.25) is 0 Å². The number of aromatic nitrogens is 2. The topological polar surface area (TPSA) is 72.5 Å². The largest absolute Gasteiger partial charge is 0.410 e. The molecule has 0 radical (unpaired) electrons. The van der Waals surface area contributed by atoms with Gasteiger partial charge in [0.15, 0.2) is 6.54 Å². The molecule has 6 nitrogen and oxygen atoms in total. The van der Waals surface area contributed by atoms with Crippen molar-refractivity contribution in [2.24, 2.45) is 0 Å². The molecule has 0 aromatic carbocycles. The smallest absolute Gasteiger partial charge is 0.277 e. The van der Waals surface area contributed by atoms with Crippen molar-refractivity contribution in [2.75, 3.05) is 19.8 Å². The number of nitrogens with one attached hydrogen (secondary N) is 2. The zero-order chi connectivity index (χ0) is 12.8. The normalized spacial score (nSPS) is 11.2. The second-order valence-electron chi connectivity index (χ2n) is 4.36. The van der Waals surface area contributed by atoms with Crippen LogP contribution < -0.4 is 10.2 Å². The second kappa shape index (κ2) is 6.61. The molecular weight excluding hydrogens is 240 g/mol. The summed E-state index contributed by atoms with van der Waals surface area (Å²) in [5, 5.41) is 11.0. The van der Waals surface area contributed by atoms with Gasteiger partial charge in [-0.2, -0.15) is 0 Å². The summed E-state index contributed by atoms with van der Waals surface area (Å²) in [6, 6.07) is 0.152. The predicted molar refractivity (Wildman–Crippen MR) is 64.8 cm³/mol. The van der Waals surface area contributed by atoms with Gasteiger partial charge in [0.25, 0.3) is 11.1 Å². The standard InChI is InChI=1S/C10H18N4O2S/c1-7(2)11-8(15)6-17-10-13-12-9(16-10)5-14(3)4/h7H,5-6H2,1-4H3,(H,11,15)/p+1. The highest BCUT2D eigenvalue weighted by molar-refractivity contribution is 7.99. The minimum Gasteiger partial charge on any atom is -0.410 e. The minimum absolute atomic E-state index is 0.0250. The third-order valence-electron chi connectivity index (χ3n) is 1.73. The molecule has 0 bridgehead atoms. The van der Waals surface area contributed by atoms with E-state index in [1.807, 2.05) is 27.9 Å². The number of hydrogen-bond donors (Lipinski definition) is 2. The van der Waals surface area contributed by atoms with Gasteiger partial charge in [0.2, 0.25) is 5.91 Å². The molecule has 1 aromatic heterocycles. The van der Waals surface area contributed by atoms with Crippen molar-refractivity contribution in [3.63, 3.8) is 0 Å². The Morgan fingerprint density at radius 2 is 2.18 bits per heavy atom. The quantitative estimate of drug-likeness (QED) is 0.663. The number of carbonyl (C=O) groups excluding carboxylic acids is 1. The van der Waals surface area contributed by atoms with Crippen LogP contribution in [0.15, 0.2) is 9.64 Å². The molecule has 0 aliphatic rings. The fourth-order valence-electron chi connectivity index (χ4n) is 1.16. The Bertz CT molecular complexity index is 365. The molecule has 1 rings (SSSR count). The molecule has 0 aliphatic carbocycles. The Labute approximate surface area is 105 Å². The molecule has 0 spiro atoms. The molecule has 0 saturated heterocycles. The summed E-state index contributed by atoms with van der Waals surface area (Å²) >= 11 is 1.26. The lowest BCUT2D eigenvalue weighted by Gasteiger charge is -2.06. The average molecular weight is 259 g/mol. The monoisotopic (exact) mass is 259 g/mol. The van der Waals surface area contributed by atoms with E-state index in [-0.39, 0.29) is 11.9 Å². The molecule has 0 fully saturated rings. The highest BCUT2D eigenvalue weighted by Crippen LogP contribution is 2.15. The molecule has 0 aliphatic heterocycles. The van der Waals surface area contributed by atoms with Gasteiger partial charge >= 0.3 is 0 Å². The SMILES string of the molecule is CC(C)NC(=O)CSc1nnc(C[NH+](C)C)o1. The highest BCUT2D eigenvalue weighted by atomic mass is 32.2. The lowest BCUT2D eigenvalue weighted by Crippen LogP contribution is -3.04. The van der Waals surface area contributed by atoms with Crippen molar-refractivity contribution in [1.82, 2.24) is 15.5 Å². The fraction of sp³-hybridized carbons (Fsp3) is 0.700. The maximum absolute atomic E-state index is 11.4. The number of nitrogens with zero attached hydrogens (tertiary/aromatic N) is 2. The molecular formula is C10H19N4O2S+. The first kappa shape index (κ1) is 14.0. The molecule has 0 atom stereocenters. The van der Waals surface area contributed by atoms with Gasteiger partial charge in [0.1, 0.15) is 0 Å². The van der Waals surface area contributed by atoms with Crippen molar-refractivity contribution < 1.29 is 14.1 Å². The summed E-state index contributed by atoms with van der Waals surface area (Å²) in [6.45, 7) is 4.53. The molecule has 1 heterocycles. The van der Waals surface area contributed by atoms with Crippen molar-refractivity contribution in [3.05, 3.63) is 5.89 Å². The number of carbonyl (C=O) groups is 1. The number of amides is 1. The summed E-state index contributed by atoms with van der Waals surface area (Å²) in [5.41, 5.74) is 0. The Morgan fingerprint density at radius 3 is 2.76 bits per heavy atom. The zero-order valence-corrected chi connectivity index (χ0v) is 11.4. The van der Waals surface area contributed by atoms with Gasteiger partial charge in [-0.25, -0.2) is 0 Å². The molecule has 1 aromatic rings. The van der Waals surface area contributed by atoms with Gasteiger partial charge in [-0.15, -0.1) is 10.2 Å². The van der Waals surface area contributed by atoms with E-state index in [2.05, 4.69) is 15.5 Å². The zero-order valence-electron chi connectivity index (χ0n) is 10.6. The van der Waals surface area contributed by atoms with Gasteiger partial charge in [-0.1, -0.05) is 11.8 Å². The van der Waals surface area contributed by atoms with Crippen molar-refractivity contribution >= 4 is 17.7 Å². The van der Waals surface area contributed by atoms with Gasteiger partial charge < -0.3 is 14.6 Å². The summed E-state index contributed by atoms with van der Waals surface area (Å²) in [4.78, 5) is 12.6. The van der Waals surface area contributed by atoms with Crippen LogP contribution >= 0.6 is 11.8 Å². The first-order chi connectivity index (χ1) is 7.97. The van der Waals surface area contributed by atoms with Crippen LogP contribution in [0.25, 0.3) is 0 Å². The minimum atomic E-state index is -0.0250. The Hall–Kier alpha value is -1.08. The van der Waals surface area contributed by atoms with E-state index in [1.54, 1.807) is 0 Å². The van der Waals surface area contributed by atoms with Gasteiger partial charge in [-0.05, 0) is 13.8 Å². The third kappa shape index (κ3) is 5.69. The predicted octanol–water partition coefficient (Wildman–Crippen LogP) is -0.669. The summed E-state index contributed by atoms with van der Waals surface area (Å²) in [7, 11) is 4.01. The molecule has 0 saturated carbocycles. The third-order valence-corrected chi connectivity index (χ3v) is 2.55. The van der Waals surface area contributed by atoms with Gasteiger partial charge in [-0.3, -0.25) is 4.79 Å². The number of thioether (sulfide) groups is 1. The molecule has 1 amide bonds. The van der Waals surface area contributed by atoms with Crippen LogP contribution in [0.1, 0.15) is 19.7 Å². The van der Waals surface area contributed by atoms with Crippen molar-refractivity contribution in [1.29, 1.82) is 0 Å². The van der Waals surface area contributed by atoms with E-state index in [0.29, 0.717) is 23.4 Å². The van der Waals surface area contributed by atoms with Crippen LogP contribution in [0, 0.1) is 0 Å². The summed E-state index contributed by atoms with van der Waals surface area (Å²) in [5.74, 6) is 0.869. The Morgan fingerprint density at radius 1 is 1.47 bits per heavy atom. The van der Waals surface area contributed by atoms with Gasteiger partial charge in [0, 0.05) is 6.04 Å². The first-order valence-corrected chi connectivity index (χ1v) is 6.49. The molecule has 7 heteroatoms. The second-order valence-corrected chi connectivity index (χ2v) is 5.28. The molecule has 96 valence electrons. The Balaban J connectivity index is 2.37. The van der Waals surface area contributed by atoms with Crippen LogP contribution in [0.3, 0.4) is 0 Å². The fourth-order valence-corrected chi connectivity index (χ4v) is 1.75. The van der Waals surface area contributed by atoms with Crippen LogP contribution in [-0.2, 0) is 11.3 Å². The van der Waals surface area contributed by atoms with E-state index >= 15 is 0 Å². The Kier molecular flexibility index (Phi) is 5.43. The first-order valence-electron chi connectivity index (χ1n) is 5.51. The van der Waals surface area contributed by atoms with Crippen LogP contribution in [0.5, 0.6) is 0 Å². The number of rotatable bonds is 6. The van der Waals surface area contributed by atoms with Crippen LogP contribution in [-0.4, -0.2) is 42.0 Å². The van der Waals surface area contributed by atoms with Crippen molar-refractivity contribution in [3.8, 4) is 0 Å². The number of hydrogen-bond acceptors (Lipinski definition) is 5. The molecule has 2 N–H and O–H groups in total. The average Bonchev–Trinajstić information content (AvgIpc) is 2.60. The van der Waals surface area contributed by atoms with Crippen molar-refractivity contribution in [2.45, 2.75) is 31.7 Å². The lowest BCUT2D eigenvalue weighted by molar-refractivity contribution is -0.874. The highest BCUT2D eigenvalue weighted by Gasteiger charge is 2.11.